The van der Waals surface area contributed by atoms with Crippen molar-refractivity contribution in [2.45, 2.75) is 13.5 Å². The van der Waals surface area contributed by atoms with Crippen LogP contribution in [-0.2, 0) is 6.54 Å². The lowest BCUT2D eigenvalue weighted by atomic mass is 10.2. The molecule has 0 unspecified atom stereocenters. The smallest absolute Gasteiger partial charge is 0.171 e. The molecule has 0 aliphatic carbocycles. The molecule has 2 rings (SSSR count). The van der Waals surface area contributed by atoms with Gasteiger partial charge in [0.2, 0.25) is 0 Å². The summed E-state index contributed by atoms with van der Waals surface area (Å²) < 4.78 is 6.60. The average molecular weight is 365 g/mol. The molecule has 2 aromatic carbocycles. The van der Waals surface area contributed by atoms with Crippen molar-refractivity contribution in [1.82, 2.24) is 5.32 Å². The third kappa shape index (κ3) is 5.02. The molecule has 0 bridgehead atoms. The van der Waals surface area contributed by atoms with Gasteiger partial charge in [0.1, 0.15) is 5.75 Å². The third-order valence-electron chi connectivity index (χ3n) is 2.79. The predicted octanol–water partition coefficient (Wildman–Crippen LogP) is 4.33. The van der Waals surface area contributed by atoms with Crippen LogP contribution in [0.5, 0.6) is 5.75 Å². The Hall–Kier alpha value is -1.59. The lowest BCUT2D eigenvalue weighted by molar-refractivity contribution is 0.336. The number of benzene rings is 2. The van der Waals surface area contributed by atoms with E-state index in [-0.39, 0.29) is 0 Å². The number of para-hydroxylation sites is 1. The summed E-state index contributed by atoms with van der Waals surface area (Å²) in [5.41, 5.74) is 2.03. The molecule has 0 saturated carbocycles. The van der Waals surface area contributed by atoms with Crippen molar-refractivity contribution in [3.63, 3.8) is 0 Å². The molecule has 0 saturated heterocycles. The maximum absolute atomic E-state index is 5.59. The van der Waals surface area contributed by atoms with Gasteiger partial charge in [-0.1, -0.05) is 40.2 Å². The lowest BCUT2D eigenvalue weighted by Gasteiger charge is -2.13. The zero-order chi connectivity index (χ0) is 15.1. The highest BCUT2D eigenvalue weighted by molar-refractivity contribution is 9.10. The minimum atomic E-state index is 0.583. The molecule has 2 aromatic rings. The highest BCUT2D eigenvalue weighted by Crippen LogP contribution is 2.18. The Balaban J connectivity index is 1.92. The molecule has 21 heavy (non-hydrogen) atoms. The van der Waals surface area contributed by atoms with E-state index in [1.54, 1.807) is 0 Å². The van der Waals surface area contributed by atoms with Gasteiger partial charge in [-0.3, -0.25) is 0 Å². The average Bonchev–Trinajstić information content (AvgIpc) is 2.47. The van der Waals surface area contributed by atoms with Crippen LogP contribution < -0.4 is 15.4 Å². The normalized spacial score (nSPS) is 10.0. The van der Waals surface area contributed by atoms with Gasteiger partial charge in [0, 0.05) is 22.3 Å². The van der Waals surface area contributed by atoms with E-state index in [0.717, 1.165) is 21.5 Å². The number of halogens is 1. The fraction of sp³-hybridized carbons (Fsp3) is 0.188. The summed E-state index contributed by atoms with van der Waals surface area (Å²) in [6.07, 6.45) is 0. The summed E-state index contributed by atoms with van der Waals surface area (Å²) in [6, 6.07) is 15.8. The van der Waals surface area contributed by atoms with E-state index in [1.807, 2.05) is 55.5 Å². The van der Waals surface area contributed by atoms with E-state index in [0.29, 0.717) is 18.3 Å². The van der Waals surface area contributed by atoms with Gasteiger partial charge in [-0.2, -0.15) is 0 Å². The summed E-state index contributed by atoms with van der Waals surface area (Å²) in [7, 11) is 0. The number of rotatable bonds is 5. The second kappa shape index (κ2) is 8.00. The van der Waals surface area contributed by atoms with Crippen LogP contribution in [0.4, 0.5) is 5.69 Å². The van der Waals surface area contributed by atoms with Crippen molar-refractivity contribution >= 4 is 38.9 Å². The van der Waals surface area contributed by atoms with Gasteiger partial charge in [0.25, 0.3) is 0 Å². The zero-order valence-corrected chi connectivity index (χ0v) is 14.1. The first kappa shape index (κ1) is 15.8. The van der Waals surface area contributed by atoms with Gasteiger partial charge in [0.05, 0.1) is 6.61 Å². The van der Waals surface area contributed by atoms with Crippen molar-refractivity contribution in [2.75, 3.05) is 11.9 Å². The van der Waals surface area contributed by atoms with Crippen LogP contribution >= 0.6 is 28.1 Å². The maximum atomic E-state index is 5.59. The maximum Gasteiger partial charge on any atom is 0.171 e. The Labute approximate surface area is 138 Å². The van der Waals surface area contributed by atoms with Gasteiger partial charge in [0.15, 0.2) is 5.11 Å². The minimum absolute atomic E-state index is 0.583. The van der Waals surface area contributed by atoms with Crippen molar-refractivity contribution in [2.24, 2.45) is 0 Å². The highest BCUT2D eigenvalue weighted by atomic mass is 79.9. The van der Waals surface area contributed by atoms with E-state index in [9.17, 15) is 0 Å². The summed E-state index contributed by atoms with van der Waals surface area (Å²) in [4.78, 5) is 0. The molecule has 110 valence electrons. The molecule has 0 spiro atoms. The van der Waals surface area contributed by atoms with Crippen LogP contribution in [0, 0.1) is 0 Å². The van der Waals surface area contributed by atoms with Crippen LogP contribution in [0.15, 0.2) is 53.0 Å². The van der Waals surface area contributed by atoms with E-state index < -0.39 is 0 Å². The van der Waals surface area contributed by atoms with Crippen LogP contribution in [0.3, 0.4) is 0 Å². The molecular weight excluding hydrogens is 348 g/mol. The Morgan fingerprint density at radius 2 is 2.00 bits per heavy atom. The molecule has 5 heteroatoms. The first-order valence-corrected chi connectivity index (χ1v) is 7.90. The summed E-state index contributed by atoms with van der Waals surface area (Å²) in [5, 5.41) is 6.93. The molecule has 2 N–H and O–H groups in total. The van der Waals surface area contributed by atoms with Crippen LogP contribution in [0.1, 0.15) is 12.5 Å². The van der Waals surface area contributed by atoms with Crippen LogP contribution in [-0.4, -0.2) is 11.7 Å². The molecular formula is C16H17BrN2OS. The SMILES string of the molecule is CCOc1ccccc1CNC(=S)Nc1cccc(Br)c1. The Kier molecular flexibility index (Phi) is 6.02. The number of hydrogen-bond donors (Lipinski definition) is 2. The van der Waals surface area contributed by atoms with E-state index in [2.05, 4.69) is 26.6 Å². The molecule has 0 heterocycles. The fourth-order valence-corrected chi connectivity index (χ4v) is 2.45. The number of thiocarbonyl (C=S) groups is 1. The summed E-state index contributed by atoms with van der Waals surface area (Å²) in [6.45, 7) is 3.25. The van der Waals surface area contributed by atoms with Gasteiger partial charge in [-0.25, -0.2) is 0 Å². The molecule has 0 atom stereocenters. The first-order valence-electron chi connectivity index (χ1n) is 6.70. The molecule has 3 nitrogen and oxygen atoms in total. The van der Waals surface area contributed by atoms with Gasteiger partial charge in [-0.15, -0.1) is 0 Å². The molecule has 0 radical (unpaired) electrons. The van der Waals surface area contributed by atoms with Crippen LogP contribution in [0.25, 0.3) is 0 Å². The molecule has 0 fully saturated rings. The number of hydrogen-bond acceptors (Lipinski definition) is 2. The zero-order valence-electron chi connectivity index (χ0n) is 11.7. The second-order valence-electron chi connectivity index (χ2n) is 4.36. The van der Waals surface area contributed by atoms with Crippen molar-refractivity contribution < 1.29 is 4.74 Å². The summed E-state index contributed by atoms with van der Waals surface area (Å²) in [5.74, 6) is 0.887. The molecule has 0 aliphatic rings. The van der Waals surface area contributed by atoms with Crippen molar-refractivity contribution in [1.29, 1.82) is 0 Å². The standard InChI is InChI=1S/C16H17BrN2OS/c1-2-20-15-9-4-3-6-12(15)11-18-16(21)19-14-8-5-7-13(17)10-14/h3-10H,2,11H2,1H3,(H2,18,19,21). The summed E-state index contributed by atoms with van der Waals surface area (Å²) >= 11 is 8.74. The topological polar surface area (TPSA) is 33.3 Å². The number of anilines is 1. The Bertz CT molecular complexity index is 619. The van der Waals surface area contributed by atoms with E-state index in [4.69, 9.17) is 17.0 Å². The highest BCUT2D eigenvalue weighted by Gasteiger charge is 2.03. The molecule has 0 aromatic heterocycles. The third-order valence-corrected chi connectivity index (χ3v) is 3.53. The van der Waals surface area contributed by atoms with Crippen molar-refractivity contribution in [3.8, 4) is 5.75 Å². The molecule has 0 aliphatic heterocycles. The number of nitrogens with one attached hydrogen (secondary N) is 2. The Morgan fingerprint density at radius 3 is 2.76 bits per heavy atom. The van der Waals surface area contributed by atoms with Crippen LogP contribution in [0.2, 0.25) is 0 Å². The van der Waals surface area contributed by atoms with E-state index >= 15 is 0 Å². The van der Waals surface area contributed by atoms with Gasteiger partial charge < -0.3 is 15.4 Å². The first-order chi connectivity index (χ1) is 10.2. The largest absolute Gasteiger partial charge is 0.494 e. The van der Waals surface area contributed by atoms with Gasteiger partial charge in [-0.05, 0) is 43.4 Å². The number of ether oxygens (including phenoxy) is 1. The lowest BCUT2D eigenvalue weighted by Crippen LogP contribution is -2.28. The minimum Gasteiger partial charge on any atom is -0.494 e. The quantitative estimate of drug-likeness (QED) is 0.773. The monoisotopic (exact) mass is 364 g/mol. The van der Waals surface area contributed by atoms with Gasteiger partial charge >= 0.3 is 0 Å². The van der Waals surface area contributed by atoms with E-state index in [1.165, 1.54) is 0 Å². The molecule has 0 amide bonds. The fourth-order valence-electron chi connectivity index (χ4n) is 1.86. The second-order valence-corrected chi connectivity index (χ2v) is 5.68. The van der Waals surface area contributed by atoms with Crippen molar-refractivity contribution in [3.05, 3.63) is 58.6 Å². The Morgan fingerprint density at radius 1 is 1.19 bits per heavy atom. The predicted molar refractivity (Wildman–Crippen MR) is 94.8 cm³/mol.